The van der Waals surface area contributed by atoms with E-state index in [4.69, 9.17) is 17.3 Å². The number of aromatic nitrogens is 1. The quantitative estimate of drug-likeness (QED) is 0.903. The van der Waals surface area contributed by atoms with Gasteiger partial charge in [0.1, 0.15) is 0 Å². The fourth-order valence-electron chi connectivity index (χ4n) is 1.79. The van der Waals surface area contributed by atoms with Crippen molar-refractivity contribution in [1.29, 1.82) is 0 Å². The van der Waals surface area contributed by atoms with E-state index in [1.54, 1.807) is 0 Å². The lowest BCUT2D eigenvalue weighted by Crippen LogP contribution is -2.15. The van der Waals surface area contributed by atoms with Crippen LogP contribution in [0.2, 0.25) is 5.02 Å². The van der Waals surface area contributed by atoms with Crippen LogP contribution in [-0.4, -0.2) is 4.98 Å². The normalized spacial score (nSPS) is 12.4. The zero-order chi connectivity index (χ0) is 12.3. The highest BCUT2D eigenvalue weighted by molar-refractivity contribution is 6.30. The van der Waals surface area contributed by atoms with Crippen molar-refractivity contribution >= 4 is 11.6 Å². The van der Waals surface area contributed by atoms with E-state index in [1.165, 1.54) is 0 Å². The lowest BCUT2D eigenvalue weighted by atomic mass is 10.0. The lowest BCUT2D eigenvalue weighted by Gasteiger charge is -2.11. The number of halogens is 1. The average molecular weight is 247 g/mol. The van der Waals surface area contributed by atoms with Crippen LogP contribution in [0.4, 0.5) is 0 Å². The summed E-state index contributed by atoms with van der Waals surface area (Å²) in [5.74, 6) is 0. The summed E-state index contributed by atoms with van der Waals surface area (Å²) in [5.41, 5.74) is 9.18. The first kappa shape index (κ1) is 12.1. The van der Waals surface area contributed by atoms with Gasteiger partial charge >= 0.3 is 0 Å². The molecule has 3 heteroatoms. The number of hydrogen-bond acceptors (Lipinski definition) is 2. The van der Waals surface area contributed by atoms with Gasteiger partial charge in [0.2, 0.25) is 0 Å². The minimum absolute atomic E-state index is 0.0895. The van der Waals surface area contributed by atoms with Crippen molar-refractivity contribution < 1.29 is 0 Å². The number of rotatable bonds is 3. The second-order valence-electron chi connectivity index (χ2n) is 4.14. The van der Waals surface area contributed by atoms with Crippen LogP contribution in [0.1, 0.15) is 23.0 Å². The van der Waals surface area contributed by atoms with Crippen molar-refractivity contribution in [3.8, 4) is 0 Å². The van der Waals surface area contributed by atoms with Crippen LogP contribution in [0.25, 0.3) is 0 Å². The first-order valence-electron chi connectivity index (χ1n) is 5.59. The average Bonchev–Trinajstić information content (AvgIpc) is 2.29. The molecule has 17 heavy (non-hydrogen) atoms. The molecule has 2 N–H and O–H groups in total. The van der Waals surface area contributed by atoms with Crippen LogP contribution in [-0.2, 0) is 6.42 Å². The molecular formula is C14H15ClN2. The molecule has 1 aromatic heterocycles. The zero-order valence-corrected chi connectivity index (χ0v) is 10.5. The summed E-state index contributed by atoms with van der Waals surface area (Å²) < 4.78 is 0. The van der Waals surface area contributed by atoms with E-state index in [0.717, 1.165) is 28.4 Å². The van der Waals surface area contributed by atoms with Gasteiger partial charge in [-0.05, 0) is 43.2 Å². The second-order valence-corrected chi connectivity index (χ2v) is 4.58. The summed E-state index contributed by atoms with van der Waals surface area (Å²) in [4.78, 5) is 4.43. The van der Waals surface area contributed by atoms with Crippen molar-refractivity contribution in [1.82, 2.24) is 4.98 Å². The Bertz CT molecular complexity index is 511. The largest absolute Gasteiger partial charge is 0.322 e. The fraction of sp³-hybridized carbons (Fsp3) is 0.214. The smallest absolute Gasteiger partial charge is 0.0577 e. The molecule has 1 heterocycles. The molecule has 0 aliphatic carbocycles. The van der Waals surface area contributed by atoms with Crippen LogP contribution in [0, 0.1) is 6.92 Å². The number of hydrogen-bond donors (Lipinski definition) is 1. The molecule has 88 valence electrons. The van der Waals surface area contributed by atoms with E-state index < -0.39 is 0 Å². The van der Waals surface area contributed by atoms with E-state index in [0.29, 0.717) is 0 Å². The zero-order valence-electron chi connectivity index (χ0n) is 9.73. The SMILES string of the molecule is Cc1cccc(C(N)Cc2cccc(Cl)c2)n1. The maximum absolute atomic E-state index is 6.14. The molecule has 0 saturated heterocycles. The molecule has 0 radical (unpaired) electrons. The molecule has 0 spiro atoms. The van der Waals surface area contributed by atoms with E-state index >= 15 is 0 Å². The Morgan fingerprint density at radius 1 is 1.24 bits per heavy atom. The van der Waals surface area contributed by atoms with Gasteiger partial charge in [-0.1, -0.05) is 29.8 Å². The summed E-state index contributed by atoms with van der Waals surface area (Å²) in [5, 5.41) is 0.743. The molecule has 0 aliphatic heterocycles. The molecule has 0 fully saturated rings. The van der Waals surface area contributed by atoms with E-state index in [2.05, 4.69) is 4.98 Å². The third-order valence-electron chi connectivity index (χ3n) is 2.63. The van der Waals surface area contributed by atoms with Gasteiger partial charge in [-0.25, -0.2) is 0 Å². The molecule has 1 aromatic carbocycles. The van der Waals surface area contributed by atoms with Gasteiger partial charge < -0.3 is 5.73 Å². The summed E-state index contributed by atoms with van der Waals surface area (Å²) in [7, 11) is 0. The molecular weight excluding hydrogens is 232 g/mol. The van der Waals surface area contributed by atoms with Gasteiger partial charge in [-0.3, -0.25) is 4.98 Å². The van der Waals surface area contributed by atoms with Crippen molar-refractivity contribution in [2.75, 3.05) is 0 Å². The van der Waals surface area contributed by atoms with E-state index in [9.17, 15) is 0 Å². The minimum atomic E-state index is -0.0895. The maximum atomic E-state index is 6.14. The van der Waals surface area contributed by atoms with Crippen LogP contribution < -0.4 is 5.73 Å². The van der Waals surface area contributed by atoms with Crippen molar-refractivity contribution in [2.45, 2.75) is 19.4 Å². The van der Waals surface area contributed by atoms with Gasteiger partial charge in [0.05, 0.1) is 11.7 Å². The molecule has 0 amide bonds. The first-order chi connectivity index (χ1) is 8.15. The van der Waals surface area contributed by atoms with Crippen molar-refractivity contribution in [2.24, 2.45) is 5.73 Å². The summed E-state index contributed by atoms with van der Waals surface area (Å²) in [6, 6.07) is 13.6. The highest BCUT2D eigenvalue weighted by Gasteiger charge is 2.08. The van der Waals surface area contributed by atoms with Crippen LogP contribution in [0.5, 0.6) is 0 Å². The Hall–Kier alpha value is -1.38. The van der Waals surface area contributed by atoms with Crippen molar-refractivity contribution in [3.05, 3.63) is 64.4 Å². The van der Waals surface area contributed by atoms with Crippen LogP contribution in [0.15, 0.2) is 42.5 Å². The monoisotopic (exact) mass is 246 g/mol. The molecule has 2 nitrogen and oxygen atoms in total. The number of nitrogens with two attached hydrogens (primary N) is 1. The van der Waals surface area contributed by atoms with Gasteiger partial charge in [0.25, 0.3) is 0 Å². The molecule has 0 aliphatic rings. The van der Waals surface area contributed by atoms with Gasteiger partial charge in [-0.2, -0.15) is 0 Å². The summed E-state index contributed by atoms with van der Waals surface area (Å²) in [6.07, 6.45) is 0.747. The predicted octanol–water partition coefficient (Wildman–Crippen LogP) is 3.29. The summed E-state index contributed by atoms with van der Waals surface area (Å²) >= 11 is 5.94. The van der Waals surface area contributed by atoms with Crippen molar-refractivity contribution in [3.63, 3.8) is 0 Å². The molecule has 1 unspecified atom stereocenters. The standard InChI is InChI=1S/C14H15ClN2/c1-10-4-2-7-14(17-10)13(16)9-11-5-3-6-12(15)8-11/h2-8,13H,9,16H2,1H3. The molecule has 2 aromatic rings. The van der Waals surface area contributed by atoms with Gasteiger partial charge in [0, 0.05) is 10.7 Å². The second kappa shape index (κ2) is 5.30. The highest BCUT2D eigenvalue weighted by atomic mass is 35.5. The summed E-state index contributed by atoms with van der Waals surface area (Å²) in [6.45, 7) is 1.97. The Labute approximate surface area is 106 Å². The number of benzene rings is 1. The third kappa shape index (κ3) is 3.29. The third-order valence-corrected chi connectivity index (χ3v) is 2.87. The topological polar surface area (TPSA) is 38.9 Å². The van der Waals surface area contributed by atoms with Crippen LogP contribution in [0.3, 0.4) is 0 Å². The fourth-order valence-corrected chi connectivity index (χ4v) is 2.01. The minimum Gasteiger partial charge on any atom is -0.322 e. The van der Waals surface area contributed by atoms with Gasteiger partial charge in [0.15, 0.2) is 0 Å². The highest BCUT2D eigenvalue weighted by Crippen LogP contribution is 2.17. The number of pyridine rings is 1. The maximum Gasteiger partial charge on any atom is 0.0577 e. The van der Waals surface area contributed by atoms with Gasteiger partial charge in [-0.15, -0.1) is 0 Å². The Morgan fingerprint density at radius 3 is 2.71 bits per heavy atom. The van der Waals surface area contributed by atoms with E-state index in [1.807, 2.05) is 49.4 Å². The lowest BCUT2D eigenvalue weighted by molar-refractivity contribution is 0.693. The predicted molar refractivity (Wildman–Crippen MR) is 71.1 cm³/mol. The Kier molecular flexibility index (Phi) is 3.77. The molecule has 1 atom stereocenters. The molecule has 2 rings (SSSR count). The first-order valence-corrected chi connectivity index (χ1v) is 5.96. The molecule has 0 saturated carbocycles. The van der Waals surface area contributed by atoms with Crippen LogP contribution >= 0.6 is 11.6 Å². The number of aryl methyl sites for hydroxylation is 1. The van der Waals surface area contributed by atoms with E-state index in [-0.39, 0.29) is 6.04 Å². The number of nitrogens with zero attached hydrogens (tertiary/aromatic N) is 1. The molecule has 0 bridgehead atoms. The Morgan fingerprint density at radius 2 is 2.00 bits per heavy atom. The Balaban J connectivity index is 2.14.